The molecule has 20 heavy (non-hydrogen) atoms. The predicted octanol–water partition coefficient (Wildman–Crippen LogP) is 2.80. The van der Waals surface area contributed by atoms with Gasteiger partial charge in [0.1, 0.15) is 0 Å². The molecule has 2 unspecified atom stereocenters. The molecule has 3 heteroatoms. The SMILES string of the molecule is CC(C)C1CNC2(CCCC2)CN1C1(C)CCCOC1. The molecule has 0 radical (unpaired) electrons. The first-order valence-electron chi connectivity index (χ1n) is 8.64. The van der Waals surface area contributed by atoms with Gasteiger partial charge in [-0.3, -0.25) is 4.90 Å². The fourth-order valence-electron chi connectivity index (χ4n) is 4.65. The van der Waals surface area contributed by atoms with Crippen LogP contribution in [0.5, 0.6) is 0 Å². The van der Waals surface area contributed by atoms with E-state index in [2.05, 4.69) is 31.0 Å². The van der Waals surface area contributed by atoms with Gasteiger partial charge >= 0.3 is 0 Å². The van der Waals surface area contributed by atoms with Crippen molar-refractivity contribution >= 4 is 0 Å². The number of piperazine rings is 1. The Labute approximate surface area is 124 Å². The number of rotatable bonds is 2. The maximum atomic E-state index is 5.86. The van der Waals surface area contributed by atoms with Gasteiger partial charge in [0.15, 0.2) is 0 Å². The van der Waals surface area contributed by atoms with Crippen LogP contribution in [0.4, 0.5) is 0 Å². The zero-order valence-corrected chi connectivity index (χ0v) is 13.6. The lowest BCUT2D eigenvalue weighted by Gasteiger charge is -2.56. The Balaban J connectivity index is 1.81. The third-order valence-electron chi connectivity index (χ3n) is 6.00. The molecule has 2 aliphatic heterocycles. The van der Waals surface area contributed by atoms with E-state index < -0.39 is 0 Å². The third-order valence-corrected chi connectivity index (χ3v) is 6.00. The molecule has 2 heterocycles. The van der Waals surface area contributed by atoms with Crippen molar-refractivity contribution in [2.45, 2.75) is 76.4 Å². The predicted molar refractivity (Wildman–Crippen MR) is 83.0 cm³/mol. The van der Waals surface area contributed by atoms with Gasteiger partial charge in [0.25, 0.3) is 0 Å². The Morgan fingerprint density at radius 1 is 1.15 bits per heavy atom. The lowest BCUT2D eigenvalue weighted by Crippen LogP contribution is -2.70. The van der Waals surface area contributed by atoms with Crippen molar-refractivity contribution in [1.29, 1.82) is 0 Å². The molecule has 2 saturated heterocycles. The maximum absolute atomic E-state index is 5.86. The van der Waals surface area contributed by atoms with Crippen molar-refractivity contribution < 1.29 is 4.74 Å². The topological polar surface area (TPSA) is 24.5 Å². The van der Waals surface area contributed by atoms with E-state index in [-0.39, 0.29) is 5.54 Å². The molecule has 1 spiro atoms. The van der Waals surface area contributed by atoms with Crippen molar-refractivity contribution in [3.63, 3.8) is 0 Å². The van der Waals surface area contributed by atoms with Crippen molar-refractivity contribution in [3.05, 3.63) is 0 Å². The van der Waals surface area contributed by atoms with Gasteiger partial charge in [-0.25, -0.2) is 0 Å². The monoisotopic (exact) mass is 280 g/mol. The molecule has 1 N–H and O–H groups in total. The molecule has 3 nitrogen and oxygen atoms in total. The first-order valence-corrected chi connectivity index (χ1v) is 8.64. The molecule has 0 aromatic heterocycles. The number of hydrogen-bond acceptors (Lipinski definition) is 3. The van der Waals surface area contributed by atoms with Gasteiger partial charge in [0, 0.05) is 36.8 Å². The second-order valence-electron chi connectivity index (χ2n) is 7.96. The van der Waals surface area contributed by atoms with Crippen LogP contribution in [0.15, 0.2) is 0 Å². The van der Waals surface area contributed by atoms with Crippen LogP contribution in [-0.2, 0) is 4.74 Å². The average molecular weight is 280 g/mol. The second-order valence-corrected chi connectivity index (χ2v) is 7.96. The Morgan fingerprint density at radius 2 is 1.90 bits per heavy atom. The Hall–Kier alpha value is -0.120. The summed E-state index contributed by atoms with van der Waals surface area (Å²) in [5.74, 6) is 0.708. The Bertz CT molecular complexity index is 330. The summed E-state index contributed by atoms with van der Waals surface area (Å²) in [5, 5.41) is 3.93. The lowest BCUT2D eigenvalue weighted by molar-refractivity contribution is -0.0916. The van der Waals surface area contributed by atoms with E-state index in [0.29, 0.717) is 17.5 Å². The van der Waals surface area contributed by atoms with E-state index in [9.17, 15) is 0 Å². The van der Waals surface area contributed by atoms with Crippen LogP contribution in [0.25, 0.3) is 0 Å². The summed E-state index contributed by atoms with van der Waals surface area (Å²) < 4.78 is 5.86. The highest BCUT2D eigenvalue weighted by Crippen LogP contribution is 2.39. The van der Waals surface area contributed by atoms with Gasteiger partial charge < -0.3 is 10.1 Å². The van der Waals surface area contributed by atoms with Crippen molar-refractivity contribution in [2.24, 2.45) is 5.92 Å². The summed E-state index contributed by atoms with van der Waals surface area (Å²) in [5.41, 5.74) is 0.663. The smallest absolute Gasteiger partial charge is 0.0647 e. The molecular weight excluding hydrogens is 248 g/mol. The van der Waals surface area contributed by atoms with Gasteiger partial charge in [-0.2, -0.15) is 0 Å². The van der Waals surface area contributed by atoms with Gasteiger partial charge in [-0.15, -0.1) is 0 Å². The van der Waals surface area contributed by atoms with Crippen LogP contribution in [0.1, 0.15) is 59.3 Å². The molecule has 0 aromatic carbocycles. The van der Waals surface area contributed by atoms with E-state index in [1.165, 1.54) is 45.1 Å². The molecule has 2 atom stereocenters. The van der Waals surface area contributed by atoms with Crippen molar-refractivity contribution in [3.8, 4) is 0 Å². The average Bonchev–Trinajstić information content (AvgIpc) is 2.87. The zero-order chi connectivity index (χ0) is 14.2. The van der Waals surface area contributed by atoms with Gasteiger partial charge in [0.05, 0.1) is 6.61 Å². The minimum absolute atomic E-state index is 0.255. The van der Waals surface area contributed by atoms with Crippen LogP contribution in [0.3, 0.4) is 0 Å². The van der Waals surface area contributed by atoms with Crippen LogP contribution >= 0.6 is 0 Å². The molecule has 0 bridgehead atoms. The highest BCUT2D eigenvalue weighted by atomic mass is 16.5. The molecular formula is C17H32N2O. The molecule has 0 amide bonds. The minimum Gasteiger partial charge on any atom is -0.380 e. The highest BCUT2D eigenvalue weighted by molar-refractivity contribution is 5.06. The second kappa shape index (κ2) is 5.58. The quantitative estimate of drug-likeness (QED) is 0.842. The molecule has 1 saturated carbocycles. The number of nitrogens with one attached hydrogen (secondary N) is 1. The van der Waals surface area contributed by atoms with E-state index in [1.54, 1.807) is 0 Å². The molecule has 3 aliphatic rings. The van der Waals surface area contributed by atoms with Crippen LogP contribution in [0.2, 0.25) is 0 Å². The fraction of sp³-hybridized carbons (Fsp3) is 1.00. The maximum Gasteiger partial charge on any atom is 0.0647 e. The lowest BCUT2D eigenvalue weighted by atomic mass is 9.82. The largest absolute Gasteiger partial charge is 0.380 e. The summed E-state index contributed by atoms with van der Waals surface area (Å²) >= 11 is 0. The first kappa shape index (κ1) is 14.8. The fourth-order valence-corrected chi connectivity index (χ4v) is 4.65. The molecule has 3 fully saturated rings. The van der Waals surface area contributed by atoms with Crippen LogP contribution in [0, 0.1) is 5.92 Å². The van der Waals surface area contributed by atoms with Gasteiger partial charge in [-0.05, 0) is 38.5 Å². The summed E-state index contributed by atoms with van der Waals surface area (Å²) in [6.45, 7) is 11.5. The van der Waals surface area contributed by atoms with Gasteiger partial charge in [0.2, 0.25) is 0 Å². The van der Waals surface area contributed by atoms with Gasteiger partial charge in [-0.1, -0.05) is 26.7 Å². The molecule has 116 valence electrons. The van der Waals surface area contributed by atoms with Crippen molar-refractivity contribution in [1.82, 2.24) is 10.2 Å². The summed E-state index contributed by atoms with van der Waals surface area (Å²) in [7, 11) is 0. The summed E-state index contributed by atoms with van der Waals surface area (Å²) in [6.07, 6.45) is 8.06. The minimum atomic E-state index is 0.255. The number of ether oxygens (including phenoxy) is 1. The zero-order valence-electron chi connectivity index (χ0n) is 13.6. The molecule has 1 aliphatic carbocycles. The van der Waals surface area contributed by atoms with E-state index in [4.69, 9.17) is 4.74 Å². The Morgan fingerprint density at radius 3 is 2.50 bits per heavy atom. The van der Waals surface area contributed by atoms with E-state index in [1.807, 2.05) is 0 Å². The van der Waals surface area contributed by atoms with Crippen molar-refractivity contribution in [2.75, 3.05) is 26.3 Å². The number of nitrogens with zero attached hydrogens (tertiary/aromatic N) is 1. The number of hydrogen-bond donors (Lipinski definition) is 1. The highest BCUT2D eigenvalue weighted by Gasteiger charge is 2.48. The Kier molecular flexibility index (Phi) is 4.13. The molecule has 0 aromatic rings. The van der Waals surface area contributed by atoms with E-state index >= 15 is 0 Å². The van der Waals surface area contributed by atoms with Crippen LogP contribution in [-0.4, -0.2) is 48.3 Å². The normalized spacial score (nSPS) is 38.7. The van der Waals surface area contributed by atoms with Crippen LogP contribution < -0.4 is 5.32 Å². The summed E-state index contributed by atoms with van der Waals surface area (Å²) in [4.78, 5) is 2.83. The third kappa shape index (κ3) is 2.65. The first-order chi connectivity index (χ1) is 9.55. The van der Waals surface area contributed by atoms with E-state index in [0.717, 1.165) is 19.8 Å². The standard InChI is InChI=1S/C17H32N2O/c1-14(2)15-11-18-17(8-4-5-9-17)12-19(15)16(3)7-6-10-20-13-16/h14-15,18H,4-13H2,1-3H3. The summed E-state index contributed by atoms with van der Waals surface area (Å²) in [6, 6.07) is 0.660. The molecule has 3 rings (SSSR count).